The number of sulfonamides is 1. The first-order valence-corrected chi connectivity index (χ1v) is 8.45. The molecule has 3 N–H and O–H groups in total. The Kier molecular flexibility index (Phi) is 5.09. The number of hydrogen-bond acceptors (Lipinski definition) is 6. The van der Waals surface area contributed by atoms with Gasteiger partial charge in [0.2, 0.25) is 10.0 Å². The van der Waals surface area contributed by atoms with Gasteiger partial charge in [0, 0.05) is 23.4 Å². The molecule has 0 aliphatic carbocycles. The highest BCUT2D eigenvalue weighted by molar-refractivity contribution is 7.89. The molecule has 0 aliphatic rings. The number of nitro benzene ring substituents is 1. The van der Waals surface area contributed by atoms with Crippen molar-refractivity contribution in [3.8, 4) is 5.75 Å². The molecule has 0 bridgehead atoms. The lowest BCUT2D eigenvalue weighted by Gasteiger charge is -2.10. The number of ether oxygens (including phenoxy) is 1. The van der Waals surface area contributed by atoms with E-state index in [1.807, 2.05) is 0 Å². The second-order valence-electron chi connectivity index (χ2n) is 5.12. The van der Waals surface area contributed by atoms with Crippen molar-refractivity contribution in [1.29, 1.82) is 0 Å². The van der Waals surface area contributed by atoms with E-state index in [0.717, 1.165) is 0 Å². The molecular formula is C14H14BN3O6S. The highest BCUT2D eigenvalue weighted by atomic mass is 32.2. The van der Waals surface area contributed by atoms with Gasteiger partial charge in [-0.1, -0.05) is 6.07 Å². The Bertz CT molecular complexity index is 961. The van der Waals surface area contributed by atoms with Gasteiger partial charge in [-0.2, -0.15) is 0 Å². The van der Waals surface area contributed by atoms with E-state index in [9.17, 15) is 23.3 Å². The second kappa shape index (κ2) is 6.91. The van der Waals surface area contributed by atoms with Crippen molar-refractivity contribution in [2.75, 3.05) is 12.4 Å². The quantitative estimate of drug-likeness (QED) is 0.427. The Balaban J connectivity index is 2.32. The van der Waals surface area contributed by atoms with Gasteiger partial charge in [0.05, 0.1) is 12.0 Å². The molecule has 11 heteroatoms. The van der Waals surface area contributed by atoms with Crippen LogP contribution in [0.2, 0.25) is 0 Å². The molecule has 0 saturated heterocycles. The lowest BCUT2D eigenvalue weighted by Crippen LogP contribution is -2.17. The summed E-state index contributed by atoms with van der Waals surface area (Å²) in [5.41, 5.74) is 0.597. The molecule has 0 aromatic heterocycles. The molecule has 0 atom stereocenters. The van der Waals surface area contributed by atoms with Crippen molar-refractivity contribution in [2.24, 2.45) is 5.14 Å². The maximum atomic E-state index is 12.3. The number of amides is 1. The third-order valence-corrected chi connectivity index (χ3v) is 4.35. The lowest BCUT2D eigenvalue weighted by molar-refractivity contribution is -0.383. The zero-order valence-corrected chi connectivity index (χ0v) is 14.2. The topological polar surface area (TPSA) is 142 Å². The molecule has 2 rings (SSSR count). The summed E-state index contributed by atoms with van der Waals surface area (Å²) in [6, 6.07) is 7.91. The number of nitro groups is 1. The summed E-state index contributed by atoms with van der Waals surface area (Å²) in [6.07, 6.45) is 0. The Morgan fingerprint density at radius 2 is 1.96 bits per heavy atom. The van der Waals surface area contributed by atoms with Gasteiger partial charge < -0.3 is 10.1 Å². The van der Waals surface area contributed by atoms with E-state index in [1.54, 1.807) is 7.85 Å². The van der Waals surface area contributed by atoms with Crippen LogP contribution < -0.4 is 20.7 Å². The van der Waals surface area contributed by atoms with Crippen molar-refractivity contribution < 1.29 is 22.9 Å². The first kappa shape index (κ1) is 18.4. The number of anilines is 1. The molecular weight excluding hydrogens is 349 g/mol. The van der Waals surface area contributed by atoms with Crippen LogP contribution in [0.1, 0.15) is 10.4 Å². The first-order valence-electron chi connectivity index (χ1n) is 6.90. The summed E-state index contributed by atoms with van der Waals surface area (Å²) in [7, 11) is -1.15. The summed E-state index contributed by atoms with van der Waals surface area (Å²) in [5, 5.41) is 18.6. The normalized spacial score (nSPS) is 11.0. The Morgan fingerprint density at radius 1 is 1.28 bits per heavy atom. The number of carbonyl (C=O) groups excluding carboxylic acids is 1. The van der Waals surface area contributed by atoms with Crippen molar-refractivity contribution in [2.45, 2.75) is 4.90 Å². The maximum absolute atomic E-state index is 12.3. The number of nitrogens with zero attached hydrogens (tertiary/aromatic N) is 1. The van der Waals surface area contributed by atoms with Crippen LogP contribution in [0.25, 0.3) is 0 Å². The maximum Gasteiger partial charge on any atom is 0.263 e. The summed E-state index contributed by atoms with van der Waals surface area (Å²) in [4.78, 5) is 22.4. The monoisotopic (exact) mass is 363 g/mol. The zero-order valence-electron chi connectivity index (χ0n) is 13.3. The summed E-state index contributed by atoms with van der Waals surface area (Å²) >= 11 is 0. The number of carbonyl (C=O) groups is 1. The van der Waals surface area contributed by atoms with Crippen molar-refractivity contribution >= 4 is 40.6 Å². The van der Waals surface area contributed by atoms with Gasteiger partial charge in [-0.3, -0.25) is 14.9 Å². The minimum atomic E-state index is -3.98. The van der Waals surface area contributed by atoms with E-state index in [-0.39, 0.29) is 27.6 Å². The smallest absolute Gasteiger partial charge is 0.263 e. The fourth-order valence-electron chi connectivity index (χ4n) is 2.13. The number of benzene rings is 2. The van der Waals surface area contributed by atoms with Crippen LogP contribution in [0.4, 0.5) is 11.4 Å². The molecule has 25 heavy (non-hydrogen) atoms. The molecule has 0 heterocycles. The van der Waals surface area contributed by atoms with Gasteiger partial charge in [-0.15, -0.1) is 0 Å². The molecule has 2 aromatic rings. The largest absolute Gasteiger partial charge is 0.495 e. The summed E-state index contributed by atoms with van der Waals surface area (Å²) < 4.78 is 27.9. The highest BCUT2D eigenvalue weighted by Gasteiger charge is 2.18. The standard InChI is InChI=1S/C14H14BN3O6S/c1-24-12-7-9(3-5-13(12)25(16,22)23)17-14(19)8-2-4-10(15)11(6-8)18(20)21/h2-7H,15H2,1H3,(H,17,19)(H2,16,22,23). The van der Waals surface area contributed by atoms with Gasteiger partial charge in [0.25, 0.3) is 11.6 Å². The fraction of sp³-hybridized carbons (Fsp3) is 0.0714. The molecule has 0 radical (unpaired) electrons. The number of hydrogen-bond donors (Lipinski definition) is 2. The highest BCUT2D eigenvalue weighted by Crippen LogP contribution is 2.26. The van der Waals surface area contributed by atoms with Crippen molar-refractivity contribution in [3.05, 3.63) is 52.1 Å². The van der Waals surface area contributed by atoms with Crippen LogP contribution >= 0.6 is 0 Å². The van der Waals surface area contributed by atoms with Crippen LogP contribution in [0, 0.1) is 10.1 Å². The number of nitrogens with one attached hydrogen (secondary N) is 1. The molecule has 1 amide bonds. The molecule has 0 unspecified atom stereocenters. The molecule has 130 valence electrons. The SMILES string of the molecule is Bc1ccc(C(=O)Nc2ccc(S(N)(=O)=O)c(OC)c2)cc1[N+](=O)[O-]. The van der Waals surface area contributed by atoms with Crippen LogP contribution in [-0.2, 0) is 10.0 Å². The van der Waals surface area contributed by atoms with E-state index in [0.29, 0.717) is 5.46 Å². The molecule has 9 nitrogen and oxygen atoms in total. The molecule has 0 spiro atoms. The number of primary sulfonamides is 1. The van der Waals surface area contributed by atoms with Gasteiger partial charge in [0.15, 0.2) is 0 Å². The Morgan fingerprint density at radius 3 is 2.52 bits per heavy atom. The number of nitrogens with two attached hydrogens (primary N) is 1. The first-order chi connectivity index (χ1) is 11.6. The van der Waals surface area contributed by atoms with Gasteiger partial charge in [-0.25, -0.2) is 13.6 Å². The van der Waals surface area contributed by atoms with Crippen LogP contribution in [0.15, 0.2) is 41.3 Å². The lowest BCUT2D eigenvalue weighted by atomic mass is 9.93. The van der Waals surface area contributed by atoms with E-state index >= 15 is 0 Å². The molecule has 2 aromatic carbocycles. The summed E-state index contributed by atoms with van der Waals surface area (Å²) in [5.74, 6) is -0.622. The van der Waals surface area contributed by atoms with Crippen molar-refractivity contribution in [3.63, 3.8) is 0 Å². The van der Waals surface area contributed by atoms with Gasteiger partial charge in [-0.05, 0) is 23.7 Å². The average Bonchev–Trinajstić information content (AvgIpc) is 2.53. The number of rotatable bonds is 5. The molecule has 0 aliphatic heterocycles. The van der Waals surface area contributed by atoms with E-state index in [1.165, 1.54) is 43.5 Å². The average molecular weight is 363 g/mol. The minimum absolute atomic E-state index is 0.0322. The van der Waals surface area contributed by atoms with Crippen LogP contribution in [0.3, 0.4) is 0 Å². The fourth-order valence-corrected chi connectivity index (χ4v) is 2.81. The zero-order chi connectivity index (χ0) is 18.8. The van der Waals surface area contributed by atoms with E-state index in [2.05, 4.69) is 5.32 Å². The summed E-state index contributed by atoms with van der Waals surface area (Å²) in [6.45, 7) is 0. The molecule has 0 fully saturated rings. The van der Waals surface area contributed by atoms with Gasteiger partial charge in [0.1, 0.15) is 18.5 Å². The third-order valence-electron chi connectivity index (χ3n) is 3.40. The molecule has 0 saturated carbocycles. The van der Waals surface area contributed by atoms with Crippen molar-refractivity contribution in [1.82, 2.24) is 0 Å². The van der Waals surface area contributed by atoms with E-state index < -0.39 is 20.9 Å². The Hall–Kier alpha value is -2.92. The van der Waals surface area contributed by atoms with Crippen LogP contribution in [0.5, 0.6) is 5.75 Å². The minimum Gasteiger partial charge on any atom is -0.495 e. The predicted octanol–water partition coefficient (Wildman–Crippen LogP) is -0.239. The Labute approximate surface area is 144 Å². The predicted molar refractivity (Wildman–Crippen MR) is 93.6 cm³/mol. The third kappa shape index (κ3) is 4.14. The van der Waals surface area contributed by atoms with Crippen LogP contribution in [-0.4, -0.2) is 34.2 Å². The van der Waals surface area contributed by atoms with E-state index in [4.69, 9.17) is 9.88 Å². The second-order valence-corrected chi connectivity index (χ2v) is 6.65. The number of methoxy groups -OCH3 is 1. The van der Waals surface area contributed by atoms with Gasteiger partial charge >= 0.3 is 0 Å².